The van der Waals surface area contributed by atoms with Crippen molar-refractivity contribution in [2.75, 3.05) is 0 Å². The van der Waals surface area contributed by atoms with Gasteiger partial charge in [0.25, 0.3) is 0 Å². The Morgan fingerprint density at radius 1 is 1.16 bits per heavy atom. The molecule has 0 radical (unpaired) electrons. The van der Waals surface area contributed by atoms with E-state index in [0.717, 1.165) is 17.4 Å². The fraction of sp³-hybridized carbons (Fsp3) is 0.125. The fourth-order valence-corrected chi connectivity index (χ4v) is 2.08. The highest BCUT2D eigenvalue weighted by atomic mass is 19.1. The molecule has 0 saturated heterocycles. The van der Waals surface area contributed by atoms with Crippen LogP contribution in [0.25, 0.3) is 0 Å². The van der Waals surface area contributed by atoms with Crippen LogP contribution in [-0.2, 0) is 4.79 Å². The Bertz CT molecular complexity index is 613. The van der Waals surface area contributed by atoms with Gasteiger partial charge < -0.3 is 4.79 Å². The predicted octanol–water partition coefficient (Wildman–Crippen LogP) is 3.42. The van der Waals surface area contributed by atoms with Gasteiger partial charge in [-0.05, 0) is 35.4 Å². The average molecular weight is 253 g/mol. The first-order valence-electron chi connectivity index (χ1n) is 5.93. The first kappa shape index (κ1) is 13.0. The van der Waals surface area contributed by atoms with E-state index in [4.69, 9.17) is 5.26 Å². The summed E-state index contributed by atoms with van der Waals surface area (Å²) in [6.07, 6.45) is 1.15. The molecule has 0 unspecified atom stereocenters. The molecular formula is C16H12FNO. The predicted molar refractivity (Wildman–Crippen MR) is 70.1 cm³/mol. The SMILES string of the molecule is N#Cc1cccc([C@@H](CC=O)c2ccc(F)cc2)c1. The third-order valence-corrected chi connectivity index (χ3v) is 3.02. The van der Waals surface area contributed by atoms with Gasteiger partial charge in [-0.25, -0.2) is 4.39 Å². The van der Waals surface area contributed by atoms with E-state index < -0.39 is 0 Å². The van der Waals surface area contributed by atoms with E-state index >= 15 is 0 Å². The molecule has 1 atom stereocenters. The van der Waals surface area contributed by atoms with Crippen LogP contribution in [0.3, 0.4) is 0 Å². The molecule has 0 aromatic heterocycles. The zero-order valence-corrected chi connectivity index (χ0v) is 10.2. The molecule has 94 valence electrons. The number of nitrogens with zero attached hydrogens (tertiary/aromatic N) is 1. The zero-order valence-electron chi connectivity index (χ0n) is 10.2. The van der Waals surface area contributed by atoms with Gasteiger partial charge in [-0.15, -0.1) is 0 Å². The third-order valence-electron chi connectivity index (χ3n) is 3.02. The maximum absolute atomic E-state index is 12.9. The molecule has 0 bridgehead atoms. The van der Waals surface area contributed by atoms with Crippen LogP contribution < -0.4 is 0 Å². The van der Waals surface area contributed by atoms with Crippen molar-refractivity contribution in [1.29, 1.82) is 5.26 Å². The van der Waals surface area contributed by atoms with E-state index in [2.05, 4.69) is 6.07 Å². The highest BCUT2D eigenvalue weighted by Gasteiger charge is 2.14. The second-order valence-electron chi connectivity index (χ2n) is 4.24. The number of aldehydes is 1. The topological polar surface area (TPSA) is 40.9 Å². The van der Waals surface area contributed by atoms with Crippen LogP contribution in [-0.4, -0.2) is 6.29 Å². The number of halogens is 1. The first-order chi connectivity index (χ1) is 9.24. The van der Waals surface area contributed by atoms with Gasteiger partial charge in [-0.3, -0.25) is 0 Å². The Morgan fingerprint density at radius 3 is 2.53 bits per heavy atom. The van der Waals surface area contributed by atoms with E-state index in [9.17, 15) is 9.18 Å². The lowest BCUT2D eigenvalue weighted by atomic mass is 9.88. The quantitative estimate of drug-likeness (QED) is 0.783. The Morgan fingerprint density at radius 2 is 1.89 bits per heavy atom. The molecule has 19 heavy (non-hydrogen) atoms. The van der Waals surface area contributed by atoms with Crippen LogP contribution in [0.15, 0.2) is 48.5 Å². The lowest BCUT2D eigenvalue weighted by Crippen LogP contribution is -2.02. The number of benzene rings is 2. The number of rotatable bonds is 4. The summed E-state index contributed by atoms with van der Waals surface area (Å²) in [5.41, 5.74) is 2.30. The van der Waals surface area contributed by atoms with Gasteiger partial charge in [0.15, 0.2) is 0 Å². The van der Waals surface area contributed by atoms with Gasteiger partial charge >= 0.3 is 0 Å². The van der Waals surface area contributed by atoms with Crippen molar-refractivity contribution < 1.29 is 9.18 Å². The molecule has 0 saturated carbocycles. The summed E-state index contributed by atoms with van der Waals surface area (Å²) < 4.78 is 12.9. The smallest absolute Gasteiger partial charge is 0.123 e. The molecule has 0 aliphatic heterocycles. The molecule has 2 nitrogen and oxygen atoms in total. The molecule has 0 heterocycles. The molecule has 0 spiro atoms. The molecule has 0 N–H and O–H groups in total. The highest BCUT2D eigenvalue weighted by Crippen LogP contribution is 2.27. The Labute approximate surface area is 111 Å². The molecule has 0 aliphatic rings. The highest BCUT2D eigenvalue weighted by molar-refractivity contribution is 5.54. The molecule has 2 rings (SSSR count). The summed E-state index contributed by atoms with van der Waals surface area (Å²) in [7, 11) is 0. The fourth-order valence-electron chi connectivity index (χ4n) is 2.08. The van der Waals surface area contributed by atoms with Crippen LogP contribution in [0.5, 0.6) is 0 Å². The minimum atomic E-state index is -0.306. The second kappa shape index (κ2) is 5.92. The van der Waals surface area contributed by atoms with E-state index in [1.54, 1.807) is 30.3 Å². The number of nitriles is 1. The molecule has 2 aromatic carbocycles. The van der Waals surface area contributed by atoms with Crippen molar-refractivity contribution >= 4 is 6.29 Å². The van der Waals surface area contributed by atoms with Gasteiger partial charge in [0.05, 0.1) is 11.6 Å². The van der Waals surface area contributed by atoms with E-state index in [0.29, 0.717) is 12.0 Å². The van der Waals surface area contributed by atoms with Crippen molar-refractivity contribution in [3.05, 3.63) is 71.0 Å². The minimum absolute atomic E-state index is 0.147. The summed E-state index contributed by atoms with van der Waals surface area (Å²) in [5, 5.41) is 8.91. The summed E-state index contributed by atoms with van der Waals surface area (Å²) in [6, 6.07) is 15.3. The molecular weight excluding hydrogens is 241 g/mol. The Balaban J connectivity index is 2.42. The molecule has 0 aliphatic carbocycles. The maximum Gasteiger partial charge on any atom is 0.123 e. The molecule has 2 aromatic rings. The molecule has 0 fully saturated rings. The minimum Gasteiger partial charge on any atom is -0.303 e. The Hall–Kier alpha value is -2.47. The number of carbonyl (C=O) groups is 1. The van der Waals surface area contributed by atoms with Gasteiger partial charge in [0.1, 0.15) is 12.1 Å². The third kappa shape index (κ3) is 3.05. The second-order valence-corrected chi connectivity index (χ2v) is 4.24. The summed E-state index contributed by atoms with van der Waals surface area (Å²) in [4.78, 5) is 10.8. The summed E-state index contributed by atoms with van der Waals surface area (Å²) in [5.74, 6) is -0.453. The number of carbonyl (C=O) groups excluding carboxylic acids is 1. The van der Waals surface area contributed by atoms with Gasteiger partial charge in [0.2, 0.25) is 0 Å². The number of hydrogen-bond donors (Lipinski definition) is 0. The van der Waals surface area contributed by atoms with Gasteiger partial charge in [0, 0.05) is 12.3 Å². The lowest BCUT2D eigenvalue weighted by Gasteiger charge is -2.15. The van der Waals surface area contributed by atoms with Gasteiger partial charge in [-0.2, -0.15) is 5.26 Å². The summed E-state index contributed by atoms with van der Waals surface area (Å²) >= 11 is 0. The monoisotopic (exact) mass is 253 g/mol. The lowest BCUT2D eigenvalue weighted by molar-refractivity contribution is -0.108. The standard InChI is InChI=1S/C16H12FNO/c17-15-6-4-13(5-7-15)16(8-9-19)14-3-1-2-12(10-14)11-18/h1-7,9-10,16H,8H2/t16-/m0/s1. The normalized spacial score (nSPS) is 11.6. The van der Waals surface area contributed by atoms with Crippen molar-refractivity contribution in [2.24, 2.45) is 0 Å². The maximum atomic E-state index is 12.9. The van der Waals surface area contributed by atoms with Gasteiger partial charge in [-0.1, -0.05) is 24.3 Å². The van der Waals surface area contributed by atoms with Crippen LogP contribution in [0.4, 0.5) is 4.39 Å². The average Bonchev–Trinajstić information content (AvgIpc) is 2.46. The molecule has 3 heteroatoms. The largest absolute Gasteiger partial charge is 0.303 e. The van der Waals surface area contributed by atoms with Crippen LogP contribution in [0.2, 0.25) is 0 Å². The van der Waals surface area contributed by atoms with E-state index in [1.807, 2.05) is 6.07 Å². The van der Waals surface area contributed by atoms with Crippen LogP contribution >= 0.6 is 0 Å². The van der Waals surface area contributed by atoms with Crippen LogP contribution in [0.1, 0.15) is 29.0 Å². The number of hydrogen-bond acceptors (Lipinski definition) is 2. The van der Waals surface area contributed by atoms with Crippen molar-refractivity contribution in [2.45, 2.75) is 12.3 Å². The van der Waals surface area contributed by atoms with Crippen molar-refractivity contribution in [1.82, 2.24) is 0 Å². The Kier molecular flexibility index (Phi) is 4.04. The van der Waals surface area contributed by atoms with Crippen molar-refractivity contribution in [3.8, 4) is 6.07 Å². The van der Waals surface area contributed by atoms with E-state index in [-0.39, 0.29) is 11.7 Å². The molecule has 0 amide bonds. The zero-order chi connectivity index (χ0) is 13.7. The first-order valence-corrected chi connectivity index (χ1v) is 5.93. The van der Waals surface area contributed by atoms with Crippen LogP contribution in [0, 0.1) is 17.1 Å². The summed E-state index contributed by atoms with van der Waals surface area (Å²) in [6.45, 7) is 0. The van der Waals surface area contributed by atoms with Crippen molar-refractivity contribution in [3.63, 3.8) is 0 Å². The van der Waals surface area contributed by atoms with E-state index in [1.165, 1.54) is 12.1 Å².